The highest BCUT2D eigenvalue weighted by Gasteiger charge is 2.14. The van der Waals surface area contributed by atoms with E-state index in [9.17, 15) is 4.79 Å². The normalized spacial score (nSPS) is 11.2. The van der Waals surface area contributed by atoms with Gasteiger partial charge in [-0.3, -0.25) is 4.79 Å². The number of nitrogens with one attached hydrogen (secondary N) is 1. The Bertz CT molecular complexity index is 1210. The van der Waals surface area contributed by atoms with Crippen molar-refractivity contribution < 1.29 is 9.47 Å². The summed E-state index contributed by atoms with van der Waals surface area (Å²) < 4.78 is 13.3. The minimum absolute atomic E-state index is 0.184. The zero-order valence-electron chi connectivity index (χ0n) is 17.3. The molecule has 2 aromatic carbocycles. The lowest BCUT2D eigenvalue weighted by molar-refractivity contribution is 0.284. The van der Waals surface area contributed by atoms with E-state index in [1.165, 1.54) is 6.33 Å². The maximum Gasteiger partial charge on any atom is 0.298 e. The fourth-order valence-electron chi connectivity index (χ4n) is 3.23. The zero-order valence-corrected chi connectivity index (χ0v) is 17.3. The first-order valence-corrected chi connectivity index (χ1v) is 9.84. The number of imidazole rings is 1. The predicted octanol–water partition coefficient (Wildman–Crippen LogP) is 3.88. The highest BCUT2D eigenvalue weighted by molar-refractivity contribution is 5.70. The molecule has 7 heteroatoms. The van der Waals surface area contributed by atoms with Gasteiger partial charge in [0.1, 0.15) is 18.8 Å². The second-order valence-electron chi connectivity index (χ2n) is 7.41. The van der Waals surface area contributed by atoms with Crippen molar-refractivity contribution in [1.29, 1.82) is 0 Å². The van der Waals surface area contributed by atoms with Gasteiger partial charge in [-0.1, -0.05) is 50.2 Å². The van der Waals surface area contributed by atoms with Gasteiger partial charge in [0.2, 0.25) is 0 Å². The Balaban J connectivity index is 1.63. The predicted molar refractivity (Wildman–Crippen MR) is 115 cm³/mol. The average Bonchev–Trinajstić information content (AvgIpc) is 3.22. The van der Waals surface area contributed by atoms with Crippen LogP contribution in [0.5, 0.6) is 11.5 Å². The van der Waals surface area contributed by atoms with E-state index >= 15 is 0 Å². The number of benzene rings is 2. The van der Waals surface area contributed by atoms with Gasteiger partial charge in [0.15, 0.2) is 22.7 Å². The zero-order chi connectivity index (χ0) is 21.1. The Labute approximate surface area is 174 Å². The molecular weight excluding hydrogens is 380 g/mol. The molecule has 154 valence electrons. The van der Waals surface area contributed by atoms with Gasteiger partial charge >= 0.3 is 0 Å². The third-order valence-corrected chi connectivity index (χ3v) is 4.87. The van der Waals surface area contributed by atoms with Crippen LogP contribution in [0.1, 0.15) is 36.7 Å². The van der Waals surface area contributed by atoms with Gasteiger partial charge in [0.05, 0.1) is 13.7 Å². The Morgan fingerprint density at radius 2 is 1.87 bits per heavy atom. The van der Waals surface area contributed by atoms with Gasteiger partial charge < -0.3 is 19.0 Å². The molecule has 0 aliphatic rings. The van der Waals surface area contributed by atoms with E-state index in [4.69, 9.17) is 9.47 Å². The second-order valence-corrected chi connectivity index (χ2v) is 7.41. The van der Waals surface area contributed by atoms with Crippen LogP contribution in [0.15, 0.2) is 59.7 Å². The summed E-state index contributed by atoms with van der Waals surface area (Å²) in [5, 5.41) is 0. The first kappa shape index (κ1) is 19.7. The summed E-state index contributed by atoms with van der Waals surface area (Å²) in [6.45, 7) is 5.00. The molecule has 0 saturated heterocycles. The van der Waals surface area contributed by atoms with Crippen LogP contribution in [0.2, 0.25) is 0 Å². The van der Waals surface area contributed by atoms with Gasteiger partial charge in [0.25, 0.3) is 5.56 Å². The maximum absolute atomic E-state index is 12.1. The highest BCUT2D eigenvalue weighted by atomic mass is 16.5. The van der Waals surface area contributed by atoms with Crippen molar-refractivity contribution in [2.45, 2.75) is 32.9 Å². The molecule has 0 amide bonds. The quantitative estimate of drug-likeness (QED) is 0.505. The van der Waals surface area contributed by atoms with E-state index in [-0.39, 0.29) is 11.5 Å². The molecule has 0 unspecified atom stereocenters. The van der Waals surface area contributed by atoms with Gasteiger partial charge in [0, 0.05) is 5.92 Å². The van der Waals surface area contributed by atoms with Crippen molar-refractivity contribution in [3.05, 3.63) is 82.2 Å². The Morgan fingerprint density at radius 1 is 1.07 bits per heavy atom. The molecule has 4 rings (SSSR count). The van der Waals surface area contributed by atoms with Gasteiger partial charge in [-0.2, -0.15) is 4.98 Å². The van der Waals surface area contributed by atoms with E-state index in [2.05, 4.69) is 15.0 Å². The maximum atomic E-state index is 12.1. The minimum Gasteiger partial charge on any atom is -0.493 e. The molecule has 0 aliphatic carbocycles. The summed E-state index contributed by atoms with van der Waals surface area (Å²) in [6.07, 6.45) is 1.53. The monoisotopic (exact) mass is 404 g/mol. The van der Waals surface area contributed by atoms with E-state index in [1.54, 1.807) is 7.11 Å². The fourth-order valence-corrected chi connectivity index (χ4v) is 3.23. The van der Waals surface area contributed by atoms with Crippen molar-refractivity contribution in [3.63, 3.8) is 0 Å². The lowest BCUT2D eigenvalue weighted by Gasteiger charge is -2.13. The molecule has 0 spiro atoms. The number of rotatable bonds is 7. The second kappa shape index (κ2) is 8.41. The van der Waals surface area contributed by atoms with Crippen LogP contribution in [0.3, 0.4) is 0 Å². The van der Waals surface area contributed by atoms with Crippen LogP contribution >= 0.6 is 0 Å². The summed E-state index contributed by atoms with van der Waals surface area (Å²) in [6, 6.07) is 15.8. The van der Waals surface area contributed by atoms with Crippen molar-refractivity contribution in [2.24, 2.45) is 0 Å². The smallest absolute Gasteiger partial charge is 0.298 e. The Morgan fingerprint density at radius 3 is 2.60 bits per heavy atom. The molecule has 0 bridgehead atoms. The number of methoxy groups -OCH3 is 1. The van der Waals surface area contributed by atoms with Crippen LogP contribution < -0.4 is 15.0 Å². The molecule has 0 atom stereocenters. The van der Waals surface area contributed by atoms with Crippen LogP contribution in [0, 0.1) is 0 Å². The lowest BCUT2D eigenvalue weighted by atomic mass is 10.2. The molecule has 0 fully saturated rings. The average molecular weight is 404 g/mol. The highest BCUT2D eigenvalue weighted by Crippen LogP contribution is 2.29. The van der Waals surface area contributed by atoms with Crippen molar-refractivity contribution in [1.82, 2.24) is 19.5 Å². The molecule has 0 saturated carbocycles. The van der Waals surface area contributed by atoms with Crippen LogP contribution in [-0.2, 0) is 13.2 Å². The first-order chi connectivity index (χ1) is 14.5. The number of aromatic amines is 1. The topological polar surface area (TPSA) is 82.0 Å². The van der Waals surface area contributed by atoms with Crippen LogP contribution in [-0.4, -0.2) is 26.6 Å². The van der Waals surface area contributed by atoms with Gasteiger partial charge in [-0.05, 0) is 23.3 Å². The Hall–Kier alpha value is -3.61. The van der Waals surface area contributed by atoms with E-state index in [0.717, 1.165) is 17.0 Å². The van der Waals surface area contributed by atoms with Crippen molar-refractivity contribution >= 4 is 11.2 Å². The number of ether oxygens (including phenoxy) is 2. The van der Waals surface area contributed by atoms with Crippen LogP contribution in [0.4, 0.5) is 0 Å². The van der Waals surface area contributed by atoms with Gasteiger partial charge in [-0.25, -0.2) is 4.98 Å². The van der Waals surface area contributed by atoms with E-state index < -0.39 is 0 Å². The van der Waals surface area contributed by atoms with Gasteiger partial charge in [-0.15, -0.1) is 0 Å². The summed E-state index contributed by atoms with van der Waals surface area (Å²) in [7, 11) is 1.62. The SMILES string of the molecule is COc1ccc(Cn2cnc(=O)c3[nH]c(C(C)C)nc32)cc1OCc1ccccc1. The lowest BCUT2D eigenvalue weighted by Crippen LogP contribution is -2.13. The number of nitrogens with zero attached hydrogens (tertiary/aromatic N) is 3. The summed E-state index contributed by atoms with van der Waals surface area (Å²) in [5.41, 5.74) is 2.78. The molecule has 2 aromatic heterocycles. The van der Waals surface area contributed by atoms with Crippen LogP contribution in [0.25, 0.3) is 11.2 Å². The summed E-state index contributed by atoms with van der Waals surface area (Å²) in [4.78, 5) is 23.9. The minimum atomic E-state index is -0.303. The number of hydrogen-bond acceptors (Lipinski definition) is 5. The molecule has 0 aliphatic heterocycles. The van der Waals surface area contributed by atoms with Crippen molar-refractivity contribution in [2.75, 3.05) is 7.11 Å². The summed E-state index contributed by atoms with van der Waals surface area (Å²) in [5.74, 6) is 2.28. The number of H-pyrrole nitrogens is 1. The Kier molecular flexibility index (Phi) is 5.52. The largest absolute Gasteiger partial charge is 0.493 e. The first-order valence-electron chi connectivity index (χ1n) is 9.84. The molecule has 4 aromatic rings. The summed E-state index contributed by atoms with van der Waals surface area (Å²) >= 11 is 0. The molecule has 0 radical (unpaired) electrons. The van der Waals surface area contributed by atoms with Crippen molar-refractivity contribution in [3.8, 4) is 11.5 Å². The van der Waals surface area contributed by atoms with E-state index in [1.807, 2.05) is 66.9 Å². The molecule has 7 nitrogen and oxygen atoms in total. The van der Waals surface area contributed by atoms with E-state index in [0.29, 0.717) is 35.8 Å². The number of fused-ring (bicyclic) bond motifs is 1. The molecule has 2 heterocycles. The number of hydrogen-bond donors (Lipinski definition) is 1. The molecular formula is C23H24N4O3. The third-order valence-electron chi connectivity index (χ3n) is 4.87. The molecule has 30 heavy (non-hydrogen) atoms. The third kappa shape index (κ3) is 4.05. The fraction of sp³-hybridized carbons (Fsp3) is 0.261. The number of aromatic nitrogens is 4. The standard InChI is InChI=1S/C23H24N4O3/c1-15(2)21-25-20-22(26-21)27(14-24-23(20)28)12-17-9-10-18(29-3)19(11-17)30-13-16-7-5-4-6-8-16/h4-11,14-15H,12-13H2,1-3H3,(H,25,26). The molecule has 1 N–H and O–H groups in total.